The third kappa shape index (κ3) is 5.01. The molecule has 0 radical (unpaired) electrons. The molecule has 1 fully saturated rings. The molecule has 0 amide bonds. The predicted octanol–water partition coefficient (Wildman–Crippen LogP) is 6.59. The van der Waals surface area contributed by atoms with E-state index in [2.05, 4.69) is 63.3 Å². The normalized spacial score (nSPS) is 17.7. The van der Waals surface area contributed by atoms with Crippen LogP contribution in [0, 0.1) is 11.8 Å². The first-order chi connectivity index (χ1) is 14.5. The average molecular weight is 490 g/mol. The molecule has 2 aromatic heterocycles. The number of benzene rings is 1. The second-order valence-corrected chi connectivity index (χ2v) is 10.0. The Morgan fingerprint density at radius 1 is 1.27 bits per heavy atom. The number of pyridine rings is 1. The number of halogens is 2. The summed E-state index contributed by atoms with van der Waals surface area (Å²) in [7, 11) is 0. The highest BCUT2D eigenvalue weighted by molar-refractivity contribution is 9.10. The Labute approximate surface area is 192 Å². The van der Waals surface area contributed by atoms with Crippen LogP contribution in [0.1, 0.15) is 33.1 Å². The number of hydrogen-bond acceptors (Lipinski definition) is 3. The molecule has 0 bridgehead atoms. The molecule has 1 saturated heterocycles. The van der Waals surface area contributed by atoms with Crippen molar-refractivity contribution < 1.29 is 0 Å². The summed E-state index contributed by atoms with van der Waals surface area (Å²) in [5.41, 5.74) is 3.17. The lowest BCUT2D eigenvalue weighted by Gasteiger charge is -2.33. The molecule has 6 heteroatoms. The van der Waals surface area contributed by atoms with Crippen molar-refractivity contribution in [3.8, 4) is 11.1 Å². The van der Waals surface area contributed by atoms with Gasteiger partial charge in [0.25, 0.3) is 0 Å². The summed E-state index contributed by atoms with van der Waals surface area (Å²) in [5.74, 6) is 2.43. The standard InChI is InChI=1S/C24H30BrClN4/c1-17(2)9-11-29-10-5-6-18(16-29)14-27-24-13-19(20-7-3-4-8-22(20)26)12-23-21(25)15-28-30(23)24/h3-4,7-8,12-13,15,17-18,27H,5-6,9-11,14,16H2,1-2H3. The summed E-state index contributed by atoms with van der Waals surface area (Å²) in [6.45, 7) is 9.20. The lowest BCUT2D eigenvalue weighted by atomic mass is 9.97. The molecular weight excluding hydrogens is 460 g/mol. The minimum Gasteiger partial charge on any atom is -0.370 e. The fourth-order valence-corrected chi connectivity index (χ4v) is 4.86. The fourth-order valence-electron chi connectivity index (χ4n) is 4.24. The van der Waals surface area contributed by atoms with E-state index in [4.69, 9.17) is 11.6 Å². The number of likely N-dealkylation sites (tertiary alicyclic amines) is 1. The van der Waals surface area contributed by atoms with Crippen LogP contribution in [0.2, 0.25) is 5.02 Å². The molecule has 0 saturated carbocycles. The molecule has 1 N–H and O–H groups in total. The van der Waals surface area contributed by atoms with Crippen LogP contribution in [0.3, 0.4) is 0 Å². The van der Waals surface area contributed by atoms with Crippen molar-refractivity contribution in [3.63, 3.8) is 0 Å². The van der Waals surface area contributed by atoms with Gasteiger partial charge < -0.3 is 10.2 Å². The minimum absolute atomic E-state index is 0.656. The largest absolute Gasteiger partial charge is 0.370 e. The van der Waals surface area contributed by atoms with Crippen LogP contribution in [-0.4, -0.2) is 40.7 Å². The smallest absolute Gasteiger partial charge is 0.128 e. The van der Waals surface area contributed by atoms with E-state index in [1.165, 1.54) is 38.9 Å². The van der Waals surface area contributed by atoms with E-state index in [1.807, 2.05) is 28.9 Å². The van der Waals surface area contributed by atoms with E-state index >= 15 is 0 Å². The van der Waals surface area contributed by atoms with Gasteiger partial charge in [-0.15, -0.1) is 0 Å². The van der Waals surface area contributed by atoms with Gasteiger partial charge in [0.15, 0.2) is 0 Å². The molecule has 1 unspecified atom stereocenters. The first-order valence-electron chi connectivity index (χ1n) is 10.9. The monoisotopic (exact) mass is 488 g/mol. The maximum Gasteiger partial charge on any atom is 0.128 e. The molecule has 160 valence electrons. The first-order valence-corrected chi connectivity index (χ1v) is 12.1. The van der Waals surface area contributed by atoms with Gasteiger partial charge in [-0.2, -0.15) is 5.10 Å². The van der Waals surface area contributed by atoms with E-state index < -0.39 is 0 Å². The summed E-state index contributed by atoms with van der Waals surface area (Å²) in [4.78, 5) is 2.64. The summed E-state index contributed by atoms with van der Waals surface area (Å²) in [6, 6.07) is 12.3. The van der Waals surface area contributed by atoms with Gasteiger partial charge in [-0.05, 0) is 83.9 Å². The van der Waals surface area contributed by atoms with Crippen LogP contribution in [0.25, 0.3) is 16.6 Å². The topological polar surface area (TPSA) is 32.6 Å². The van der Waals surface area contributed by atoms with Crippen LogP contribution in [-0.2, 0) is 0 Å². The van der Waals surface area contributed by atoms with Crippen LogP contribution in [0.5, 0.6) is 0 Å². The Morgan fingerprint density at radius 3 is 2.90 bits per heavy atom. The molecule has 0 spiro atoms. The number of aromatic nitrogens is 2. The Balaban J connectivity index is 1.53. The molecule has 3 heterocycles. The molecule has 4 rings (SSSR count). The van der Waals surface area contributed by atoms with Crippen molar-refractivity contribution in [2.45, 2.75) is 33.1 Å². The molecule has 1 aliphatic rings. The van der Waals surface area contributed by atoms with Crippen molar-refractivity contribution in [3.05, 3.63) is 52.1 Å². The van der Waals surface area contributed by atoms with Crippen LogP contribution in [0.4, 0.5) is 5.82 Å². The fraction of sp³-hybridized carbons (Fsp3) is 0.458. The Hall–Kier alpha value is -1.56. The number of nitrogens with zero attached hydrogens (tertiary/aromatic N) is 3. The van der Waals surface area contributed by atoms with E-state index in [9.17, 15) is 0 Å². The summed E-state index contributed by atoms with van der Waals surface area (Å²) in [6.07, 6.45) is 5.70. The van der Waals surface area contributed by atoms with Crippen molar-refractivity contribution >= 4 is 38.9 Å². The third-order valence-corrected chi connectivity index (χ3v) is 6.90. The molecule has 1 aliphatic heterocycles. The zero-order valence-electron chi connectivity index (χ0n) is 17.7. The van der Waals surface area contributed by atoms with Crippen molar-refractivity contribution in [2.24, 2.45) is 11.8 Å². The van der Waals surface area contributed by atoms with E-state index in [-0.39, 0.29) is 0 Å². The predicted molar refractivity (Wildman–Crippen MR) is 130 cm³/mol. The zero-order valence-corrected chi connectivity index (χ0v) is 20.1. The molecular formula is C24H30BrClN4. The Morgan fingerprint density at radius 2 is 2.10 bits per heavy atom. The number of fused-ring (bicyclic) bond motifs is 1. The van der Waals surface area contributed by atoms with Gasteiger partial charge in [-0.1, -0.05) is 43.6 Å². The van der Waals surface area contributed by atoms with Crippen LogP contribution < -0.4 is 5.32 Å². The van der Waals surface area contributed by atoms with Gasteiger partial charge >= 0.3 is 0 Å². The number of hydrogen-bond donors (Lipinski definition) is 1. The van der Waals surface area contributed by atoms with Crippen molar-refractivity contribution in [1.82, 2.24) is 14.5 Å². The number of rotatable bonds is 7. The Kier molecular flexibility index (Phi) is 7.01. The highest BCUT2D eigenvalue weighted by atomic mass is 79.9. The average Bonchev–Trinajstić information content (AvgIpc) is 3.12. The van der Waals surface area contributed by atoms with Crippen LogP contribution >= 0.6 is 27.5 Å². The molecule has 30 heavy (non-hydrogen) atoms. The molecule has 3 aromatic rings. The number of anilines is 1. The lowest BCUT2D eigenvalue weighted by Crippen LogP contribution is -2.39. The molecule has 0 aliphatic carbocycles. The van der Waals surface area contributed by atoms with Gasteiger partial charge in [0.05, 0.1) is 16.2 Å². The molecule has 1 atom stereocenters. The van der Waals surface area contributed by atoms with E-state index in [1.54, 1.807) is 0 Å². The highest BCUT2D eigenvalue weighted by Gasteiger charge is 2.20. The summed E-state index contributed by atoms with van der Waals surface area (Å²) < 4.78 is 2.96. The maximum atomic E-state index is 6.48. The summed E-state index contributed by atoms with van der Waals surface area (Å²) >= 11 is 10.1. The second kappa shape index (κ2) is 9.71. The van der Waals surface area contributed by atoms with Gasteiger partial charge in [0, 0.05) is 23.7 Å². The van der Waals surface area contributed by atoms with E-state index in [0.717, 1.165) is 44.4 Å². The van der Waals surface area contributed by atoms with Gasteiger partial charge in [0.2, 0.25) is 0 Å². The third-order valence-electron chi connectivity index (χ3n) is 5.95. The lowest BCUT2D eigenvalue weighted by molar-refractivity contribution is 0.172. The SMILES string of the molecule is CC(C)CCN1CCCC(CNc2cc(-c3ccccc3Cl)cc3c(Br)cnn23)C1. The minimum atomic E-state index is 0.656. The Bertz CT molecular complexity index is 1000. The zero-order chi connectivity index (χ0) is 21.1. The molecule has 4 nitrogen and oxygen atoms in total. The molecule has 1 aromatic carbocycles. The van der Waals surface area contributed by atoms with Crippen molar-refractivity contribution in [1.29, 1.82) is 0 Å². The van der Waals surface area contributed by atoms with Gasteiger partial charge in [0.1, 0.15) is 5.82 Å². The first kappa shape index (κ1) is 21.7. The summed E-state index contributed by atoms with van der Waals surface area (Å²) in [5, 5.41) is 9.02. The van der Waals surface area contributed by atoms with Crippen molar-refractivity contribution in [2.75, 3.05) is 31.5 Å². The van der Waals surface area contributed by atoms with Gasteiger partial charge in [-0.3, -0.25) is 0 Å². The maximum absolute atomic E-state index is 6.48. The number of nitrogens with one attached hydrogen (secondary N) is 1. The second-order valence-electron chi connectivity index (χ2n) is 8.77. The quantitative estimate of drug-likeness (QED) is 0.406. The van der Waals surface area contributed by atoms with Crippen LogP contribution in [0.15, 0.2) is 47.1 Å². The van der Waals surface area contributed by atoms with Gasteiger partial charge in [-0.25, -0.2) is 4.52 Å². The highest BCUT2D eigenvalue weighted by Crippen LogP contribution is 2.33. The number of piperidine rings is 1. The van der Waals surface area contributed by atoms with E-state index in [0.29, 0.717) is 5.92 Å².